The lowest BCUT2D eigenvalue weighted by Gasteiger charge is -2.31. The number of anilines is 1. The van der Waals surface area contributed by atoms with Crippen LogP contribution in [0.3, 0.4) is 0 Å². The van der Waals surface area contributed by atoms with Gasteiger partial charge in [-0.3, -0.25) is 0 Å². The van der Waals surface area contributed by atoms with Gasteiger partial charge in [-0.05, 0) is 7.05 Å². The van der Waals surface area contributed by atoms with Crippen LogP contribution < -0.4 is 4.90 Å². The van der Waals surface area contributed by atoms with Gasteiger partial charge in [-0.15, -0.1) is 11.3 Å². The Hall–Kier alpha value is -0.370. The maximum atomic E-state index is 11.1. The van der Waals surface area contributed by atoms with Gasteiger partial charge in [-0.25, -0.2) is 13.4 Å². The van der Waals surface area contributed by atoms with Crippen LogP contribution in [0.1, 0.15) is 0 Å². The summed E-state index contributed by atoms with van der Waals surface area (Å²) in [4.78, 5) is 8.34. The molecule has 1 aliphatic heterocycles. The monoisotopic (exact) mass is 281 g/mol. The lowest BCUT2D eigenvalue weighted by Crippen LogP contribution is -2.44. The average Bonchev–Trinajstić information content (AvgIpc) is 2.67. The van der Waals surface area contributed by atoms with Crippen molar-refractivity contribution in [2.24, 2.45) is 0 Å². The Balaban J connectivity index is 2.14. The summed E-state index contributed by atoms with van der Waals surface area (Å²) in [5.41, 5.74) is 0. The summed E-state index contributed by atoms with van der Waals surface area (Å²) in [5.74, 6) is 0. The number of halogens is 1. The van der Waals surface area contributed by atoms with E-state index in [2.05, 4.69) is 21.8 Å². The van der Waals surface area contributed by atoms with Crippen molar-refractivity contribution in [3.63, 3.8) is 0 Å². The number of nitrogens with zero attached hydrogens (tertiary/aromatic N) is 3. The van der Waals surface area contributed by atoms with E-state index in [1.807, 2.05) is 0 Å². The number of likely N-dealkylation sites (N-methyl/N-ethyl adjacent to an activating group) is 1. The van der Waals surface area contributed by atoms with Gasteiger partial charge < -0.3 is 9.80 Å². The van der Waals surface area contributed by atoms with Crippen molar-refractivity contribution in [3.05, 3.63) is 5.38 Å². The maximum Gasteiger partial charge on any atom is 0.279 e. The molecule has 0 radical (unpaired) electrons. The quantitative estimate of drug-likeness (QED) is 0.752. The second kappa shape index (κ2) is 4.48. The first-order chi connectivity index (χ1) is 7.47. The molecule has 16 heavy (non-hydrogen) atoms. The van der Waals surface area contributed by atoms with Crippen molar-refractivity contribution in [1.29, 1.82) is 0 Å². The highest BCUT2D eigenvalue weighted by molar-refractivity contribution is 8.13. The molecule has 2 rings (SSSR count). The number of thiazole rings is 1. The Labute approximate surface area is 103 Å². The zero-order chi connectivity index (χ0) is 11.8. The Morgan fingerprint density at radius 1 is 1.38 bits per heavy atom. The highest BCUT2D eigenvalue weighted by atomic mass is 35.7. The Kier molecular flexibility index (Phi) is 3.39. The summed E-state index contributed by atoms with van der Waals surface area (Å²) in [7, 11) is 3.59. The van der Waals surface area contributed by atoms with E-state index in [9.17, 15) is 8.42 Å². The molecular weight excluding hydrogens is 270 g/mol. The lowest BCUT2D eigenvalue weighted by atomic mass is 10.3. The van der Waals surface area contributed by atoms with Gasteiger partial charge in [0.1, 0.15) is 0 Å². The second-order valence-electron chi connectivity index (χ2n) is 3.70. The van der Waals surface area contributed by atoms with Gasteiger partial charge in [0.05, 0.1) is 0 Å². The number of aromatic nitrogens is 1. The fourth-order valence-electron chi connectivity index (χ4n) is 1.51. The van der Waals surface area contributed by atoms with Crippen molar-refractivity contribution in [2.45, 2.75) is 5.03 Å². The van der Waals surface area contributed by atoms with Crippen molar-refractivity contribution < 1.29 is 8.42 Å². The Bertz CT molecular complexity index is 465. The van der Waals surface area contributed by atoms with E-state index in [1.165, 1.54) is 16.7 Å². The predicted molar refractivity (Wildman–Crippen MR) is 64.9 cm³/mol. The number of piperazine rings is 1. The first-order valence-corrected chi connectivity index (χ1v) is 7.99. The Morgan fingerprint density at radius 2 is 2.00 bits per heavy atom. The second-order valence-corrected chi connectivity index (χ2v) is 7.05. The molecule has 1 fully saturated rings. The summed E-state index contributed by atoms with van der Waals surface area (Å²) in [6.45, 7) is 3.66. The fraction of sp³-hybridized carbons (Fsp3) is 0.625. The van der Waals surface area contributed by atoms with Crippen LogP contribution in [0.4, 0.5) is 5.13 Å². The molecule has 1 saturated heterocycles. The molecule has 1 aromatic rings. The fourth-order valence-corrected chi connectivity index (χ4v) is 3.53. The molecule has 5 nitrogen and oxygen atoms in total. The molecule has 0 N–H and O–H groups in total. The number of rotatable bonds is 2. The van der Waals surface area contributed by atoms with E-state index in [1.54, 1.807) is 0 Å². The third-order valence-corrected chi connectivity index (χ3v) is 4.73. The molecule has 0 spiro atoms. The van der Waals surface area contributed by atoms with Crippen LogP contribution >= 0.6 is 22.0 Å². The SMILES string of the molecule is CN1CCN(c2nc(S(=O)(=O)Cl)cs2)CC1. The molecule has 2 heterocycles. The first kappa shape index (κ1) is 12.1. The van der Waals surface area contributed by atoms with E-state index in [0.29, 0.717) is 0 Å². The number of hydrogen-bond donors (Lipinski definition) is 0. The Morgan fingerprint density at radius 3 is 2.50 bits per heavy atom. The minimum Gasteiger partial charge on any atom is -0.345 e. The molecule has 90 valence electrons. The molecule has 0 bridgehead atoms. The molecule has 0 aromatic carbocycles. The third-order valence-electron chi connectivity index (χ3n) is 2.49. The highest BCUT2D eigenvalue weighted by Gasteiger charge is 2.20. The van der Waals surface area contributed by atoms with E-state index in [4.69, 9.17) is 10.7 Å². The standard InChI is InChI=1S/C8H12ClN3O2S2/c1-11-2-4-12(5-3-11)8-10-7(6-15-8)16(9,13)14/h6H,2-5H2,1H3. The summed E-state index contributed by atoms with van der Waals surface area (Å²) >= 11 is 1.32. The van der Waals surface area contributed by atoms with Gasteiger partial charge in [0.15, 0.2) is 10.2 Å². The minimum absolute atomic E-state index is 0.0481. The summed E-state index contributed by atoms with van der Waals surface area (Å²) < 4.78 is 22.1. The largest absolute Gasteiger partial charge is 0.345 e. The van der Waals surface area contributed by atoms with Crippen molar-refractivity contribution >= 4 is 36.2 Å². The minimum atomic E-state index is -3.70. The molecule has 8 heteroatoms. The van der Waals surface area contributed by atoms with E-state index >= 15 is 0 Å². The van der Waals surface area contributed by atoms with Crippen molar-refractivity contribution in [1.82, 2.24) is 9.88 Å². The van der Waals surface area contributed by atoms with Crippen LogP contribution in [0, 0.1) is 0 Å². The number of hydrogen-bond acceptors (Lipinski definition) is 6. The van der Waals surface area contributed by atoms with Crippen LogP contribution in [0.25, 0.3) is 0 Å². The zero-order valence-electron chi connectivity index (χ0n) is 8.76. The van der Waals surface area contributed by atoms with Gasteiger partial charge >= 0.3 is 0 Å². The average molecular weight is 282 g/mol. The molecular formula is C8H12ClN3O2S2. The van der Waals surface area contributed by atoms with Crippen LogP contribution in [-0.4, -0.2) is 51.5 Å². The molecule has 0 aliphatic carbocycles. The highest BCUT2D eigenvalue weighted by Crippen LogP contribution is 2.25. The zero-order valence-corrected chi connectivity index (χ0v) is 11.1. The van der Waals surface area contributed by atoms with Gasteiger partial charge in [0.2, 0.25) is 0 Å². The molecule has 0 amide bonds. The maximum absolute atomic E-state index is 11.1. The molecule has 0 atom stereocenters. The molecule has 0 saturated carbocycles. The van der Waals surface area contributed by atoms with Crippen LogP contribution in [0.2, 0.25) is 0 Å². The summed E-state index contributed by atoms with van der Waals surface area (Å²) in [6.07, 6.45) is 0. The topological polar surface area (TPSA) is 53.5 Å². The third kappa shape index (κ3) is 2.65. The van der Waals surface area contributed by atoms with Crippen molar-refractivity contribution in [3.8, 4) is 0 Å². The van der Waals surface area contributed by atoms with Gasteiger partial charge in [0.25, 0.3) is 9.05 Å². The van der Waals surface area contributed by atoms with E-state index < -0.39 is 9.05 Å². The van der Waals surface area contributed by atoms with Crippen molar-refractivity contribution in [2.75, 3.05) is 38.1 Å². The smallest absolute Gasteiger partial charge is 0.279 e. The normalized spacial score (nSPS) is 19.0. The van der Waals surface area contributed by atoms with E-state index in [0.717, 1.165) is 31.3 Å². The van der Waals surface area contributed by atoms with Crippen LogP contribution in [0.5, 0.6) is 0 Å². The summed E-state index contributed by atoms with van der Waals surface area (Å²) in [6, 6.07) is 0. The van der Waals surface area contributed by atoms with Gasteiger partial charge in [-0.2, -0.15) is 0 Å². The lowest BCUT2D eigenvalue weighted by molar-refractivity contribution is 0.312. The van der Waals surface area contributed by atoms with Gasteiger partial charge in [-0.1, -0.05) is 0 Å². The van der Waals surface area contributed by atoms with E-state index in [-0.39, 0.29) is 5.03 Å². The van der Waals surface area contributed by atoms with Crippen LogP contribution in [-0.2, 0) is 9.05 Å². The predicted octanol–water partition coefficient (Wildman–Crippen LogP) is 0.822. The van der Waals surface area contributed by atoms with Gasteiger partial charge in [0, 0.05) is 42.2 Å². The molecule has 1 aliphatic rings. The molecule has 0 unspecified atom stereocenters. The molecule has 1 aromatic heterocycles. The first-order valence-electron chi connectivity index (χ1n) is 4.80. The summed E-state index contributed by atoms with van der Waals surface area (Å²) in [5, 5.41) is 2.16. The van der Waals surface area contributed by atoms with Crippen LogP contribution in [0.15, 0.2) is 10.4 Å².